The van der Waals surface area contributed by atoms with Crippen LogP contribution in [-0.2, 0) is 0 Å². The molecule has 8 nitrogen and oxygen atoms in total. The number of hydrogen-bond donors (Lipinski definition) is 3. The number of hydrogen-bond acceptors (Lipinski definition) is 7. The van der Waals surface area contributed by atoms with E-state index in [2.05, 4.69) is 25.6 Å². The number of methoxy groups -OCH3 is 1. The lowest BCUT2D eigenvalue weighted by molar-refractivity contribution is 0.102. The summed E-state index contributed by atoms with van der Waals surface area (Å²) in [5, 5.41) is 15.8. The van der Waals surface area contributed by atoms with Crippen molar-refractivity contribution in [3.63, 3.8) is 0 Å². The molecular weight excluding hydrogens is 334 g/mol. The number of aromatic nitrogens is 3. The molecule has 0 aliphatic heterocycles. The van der Waals surface area contributed by atoms with Gasteiger partial charge in [-0.05, 0) is 31.2 Å². The van der Waals surface area contributed by atoms with Gasteiger partial charge in [-0.25, -0.2) is 4.98 Å². The molecule has 8 heteroatoms. The molecule has 1 aromatic heterocycles. The zero-order valence-electron chi connectivity index (χ0n) is 14.2. The van der Waals surface area contributed by atoms with E-state index in [4.69, 9.17) is 4.74 Å². The molecule has 26 heavy (non-hydrogen) atoms. The quantitative estimate of drug-likeness (QED) is 0.606. The lowest BCUT2D eigenvalue weighted by Crippen LogP contribution is -2.12. The topological polar surface area (TPSA) is 109 Å². The largest absolute Gasteiger partial charge is 0.506 e. The highest BCUT2D eigenvalue weighted by Crippen LogP contribution is 2.28. The van der Waals surface area contributed by atoms with Crippen molar-refractivity contribution in [1.82, 2.24) is 15.0 Å². The maximum Gasteiger partial charge on any atom is 0.320 e. The van der Waals surface area contributed by atoms with E-state index in [1.807, 2.05) is 19.1 Å². The van der Waals surface area contributed by atoms with E-state index in [-0.39, 0.29) is 23.6 Å². The highest BCUT2D eigenvalue weighted by Gasteiger charge is 2.10. The van der Waals surface area contributed by atoms with E-state index in [1.54, 1.807) is 24.3 Å². The third kappa shape index (κ3) is 4.04. The van der Waals surface area contributed by atoms with Gasteiger partial charge in [0, 0.05) is 17.3 Å². The van der Waals surface area contributed by atoms with Crippen LogP contribution in [-0.4, -0.2) is 33.1 Å². The van der Waals surface area contributed by atoms with E-state index in [1.165, 1.54) is 19.5 Å². The Balaban J connectivity index is 1.72. The van der Waals surface area contributed by atoms with Crippen LogP contribution in [0.4, 0.5) is 17.3 Å². The van der Waals surface area contributed by atoms with E-state index in [0.29, 0.717) is 16.9 Å². The summed E-state index contributed by atoms with van der Waals surface area (Å²) >= 11 is 0. The fraction of sp³-hybridized carbons (Fsp3) is 0.111. The van der Waals surface area contributed by atoms with Crippen LogP contribution < -0.4 is 15.4 Å². The number of rotatable bonds is 5. The molecule has 0 saturated carbocycles. The summed E-state index contributed by atoms with van der Waals surface area (Å²) < 4.78 is 4.93. The van der Waals surface area contributed by atoms with Gasteiger partial charge in [-0.1, -0.05) is 17.7 Å². The van der Waals surface area contributed by atoms with Crippen molar-refractivity contribution in [3.05, 3.63) is 59.9 Å². The first-order valence-corrected chi connectivity index (χ1v) is 7.76. The summed E-state index contributed by atoms with van der Waals surface area (Å²) in [6.07, 6.45) is 1.31. The number of carbonyl (C=O) groups is 1. The summed E-state index contributed by atoms with van der Waals surface area (Å²) in [6, 6.07) is 12.1. The molecule has 0 spiro atoms. The number of nitrogens with one attached hydrogen (secondary N) is 2. The van der Waals surface area contributed by atoms with Crippen LogP contribution in [0.3, 0.4) is 0 Å². The smallest absolute Gasteiger partial charge is 0.320 e. The van der Waals surface area contributed by atoms with E-state index < -0.39 is 0 Å². The van der Waals surface area contributed by atoms with Gasteiger partial charge in [0.2, 0.25) is 5.95 Å². The second-order valence-corrected chi connectivity index (χ2v) is 5.47. The Morgan fingerprint density at radius 1 is 1.12 bits per heavy atom. The van der Waals surface area contributed by atoms with Crippen LogP contribution in [0.1, 0.15) is 15.9 Å². The lowest BCUT2D eigenvalue weighted by Gasteiger charge is -2.10. The van der Waals surface area contributed by atoms with Gasteiger partial charge in [-0.3, -0.25) is 4.79 Å². The third-order valence-corrected chi connectivity index (χ3v) is 3.55. The van der Waals surface area contributed by atoms with Gasteiger partial charge in [-0.15, -0.1) is 0 Å². The number of carbonyl (C=O) groups excluding carboxylic acids is 1. The molecule has 0 saturated heterocycles. The van der Waals surface area contributed by atoms with Gasteiger partial charge < -0.3 is 20.5 Å². The SMILES string of the molecule is COc1ncnc(Nc2ccc(NC(=O)c3ccc(C)cc3)c(O)c2)n1. The summed E-state index contributed by atoms with van der Waals surface area (Å²) in [5.41, 5.74) is 2.42. The lowest BCUT2D eigenvalue weighted by atomic mass is 10.1. The normalized spacial score (nSPS) is 10.2. The van der Waals surface area contributed by atoms with E-state index in [9.17, 15) is 9.90 Å². The van der Waals surface area contributed by atoms with Gasteiger partial charge in [0.1, 0.15) is 12.1 Å². The zero-order valence-corrected chi connectivity index (χ0v) is 14.2. The van der Waals surface area contributed by atoms with Crippen molar-refractivity contribution >= 4 is 23.2 Å². The molecule has 0 fully saturated rings. The van der Waals surface area contributed by atoms with Crippen LogP contribution in [0.25, 0.3) is 0 Å². The van der Waals surface area contributed by atoms with Crippen LogP contribution in [0.2, 0.25) is 0 Å². The number of nitrogens with zero attached hydrogens (tertiary/aromatic N) is 3. The second-order valence-electron chi connectivity index (χ2n) is 5.47. The highest BCUT2D eigenvalue weighted by atomic mass is 16.5. The van der Waals surface area contributed by atoms with Gasteiger partial charge >= 0.3 is 6.01 Å². The number of anilines is 3. The summed E-state index contributed by atoms with van der Waals surface area (Å²) in [5.74, 6) is -0.118. The molecule has 0 radical (unpaired) electrons. The molecule has 3 aromatic rings. The standard InChI is InChI=1S/C18H17N5O3/c1-11-3-5-12(6-4-11)16(25)22-14-8-7-13(9-15(14)24)21-17-19-10-20-18(23-17)26-2/h3-10,24H,1-2H3,(H,22,25)(H,19,20,21,23). The minimum absolute atomic E-state index is 0.0866. The number of benzene rings is 2. The summed E-state index contributed by atoms with van der Waals surface area (Å²) in [4.78, 5) is 24.1. The molecule has 3 N–H and O–H groups in total. The average Bonchev–Trinajstić information content (AvgIpc) is 2.64. The summed E-state index contributed by atoms with van der Waals surface area (Å²) in [6.45, 7) is 1.95. The Kier molecular flexibility index (Phi) is 4.93. The predicted octanol–water partition coefficient (Wildman–Crippen LogP) is 2.89. The van der Waals surface area contributed by atoms with Gasteiger partial charge in [0.15, 0.2) is 0 Å². The predicted molar refractivity (Wildman–Crippen MR) is 96.9 cm³/mol. The molecule has 2 aromatic carbocycles. The summed E-state index contributed by atoms with van der Waals surface area (Å²) in [7, 11) is 1.45. The fourth-order valence-corrected chi connectivity index (χ4v) is 2.18. The molecule has 0 aliphatic rings. The number of phenols is 1. The molecule has 0 atom stereocenters. The Morgan fingerprint density at radius 2 is 1.88 bits per heavy atom. The van der Waals surface area contributed by atoms with Crippen LogP contribution in [0, 0.1) is 6.92 Å². The second kappa shape index (κ2) is 7.47. The number of ether oxygens (including phenoxy) is 1. The van der Waals surface area contributed by atoms with Crippen molar-refractivity contribution in [3.8, 4) is 11.8 Å². The van der Waals surface area contributed by atoms with Crippen LogP contribution in [0.5, 0.6) is 11.8 Å². The number of aryl methyl sites for hydroxylation is 1. The molecule has 0 aliphatic carbocycles. The molecule has 132 valence electrons. The Hall–Kier alpha value is -3.68. The molecule has 0 bridgehead atoms. The van der Waals surface area contributed by atoms with Crippen molar-refractivity contribution in [2.24, 2.45) is 0 Å². The Bertz CT molecular complexity index is 928. The minimum Gasteiger partial charge on any atom is -0.506 e. The van der Waals surface area contributed by atoms with E-state index >= 15 is 0 Å². The van der Waals surface area contributed by atoms with Gasteiger partial charge in [0.05, 0.1) is 12.8 Å². The first-order valence-electron chi connectivity index (χ1n) is 7.76. The van der Waals surface area contributed by atoms with Crippen molar-refractivity contribution in [2.45, 2.75) is 6.92 Å². The van der Waals surface area contributed by atoms with Crippen molar-refractivity contribution < 1.29 is 14.6 Å². The first kappa shape index (κ1) is 17.2. The maximum absolute atomic E-state index is 12.2. The molecule has 3 rings (SSSR count). The zero-order chi connectivity index (χ0) is 18.5. The number of phenolic OH excluding ortho intramolecular Hbond substituents is 1. The third-order valence-electron chi connectivity index (χ3n) is 3.55. The molecule has 0 unspecified atom stereocenters. The number of amides is 1. The monoisotopic (exact) mass is 351 g/mol. The van der Waals surface area contributed by atoms with Gasteiger partial charge in [-0.2, -0.15) is 9.97 Å². The minimum atomic E-state index is -0.303. The Morgan fingerprint density at radius 3 is 2.58 bits per heavy atom. The number of aromatic hydroxyl groups is 1. The van der Waals surface area contributed by atoms with Crippen LogP contribution >= 0.6 is 0 Å². The highest BCUT2D eigenvalue weighted by molar-refractivity contribution is 6.05. The molecular formula is C18H17N5O3. The first-order chi connectivity index (χ1) is 12.5. The van der Waals surface area contributed by atoms with Crippen molar-refractivity contribution in [2.75, 3.05) is 17.7 Å². The van der Waals surface area contributed by atoms with Crippen LogP contribution in [0.15, 0.2) is 48.8 Å². The Labute approximate surface area is 149 Å². The average molecular weight is 351 g/mol. The van der Waals surface area contributed by atoms with Crippen molar-refractivity contribution in [1.29, 1.82) is 0 Å². The molecule has 1 amide bonds. The fourth-order valence-electron chi connectivity index (χ4n) is 2.18. The molecule has 1 heterocycles. The van der Waals surface area contributed by atoms with Gasteiger partial charge in [0.25, 0.3) is 5.91 Å². The maximum atomic E-state index is 12.2. The van der Waals surface area contributed by atoms with E-state index in [0.717, 1.165) is 5.56 Å².